The molecule has 0 saturated heterocycles. The van der Waals surface area contributed by atoms with E-state index in [1.54, 1.807) is 18.2 Å². The van der Waals surface area contributed by atoms with Gasteiger partial charge in [-0.05, 0) is 29.0 Å². The van der Waals surface area contributed by atoms with E-state index >= 15 is 0 Å². The maximum Gasteiger partial charge on any atom is 0.295 e. The molecule has 3 aromatic rings. The van der Waals surface area contributed by atoms with Crippen molar-refractivity contribution >= 4 is 20.9 Å². The fourth-order valence-corrected chi connectivity index (χ4v) is 3.22. The Morgan fingerprint density at radius 2 is 1.38 bits per heavy atom. The van der Waals surface area contributed by atoms with Crippen molar-refractivity contribution in [3.8, 4) is 0 Å². The Morgan fingerprint density at radius 3 is 2.05 bits per heavy atom. The van der Waals surface area contributed by atoms with Crippen molar-refractivity contribution < 1.29 is 13.0 Å². The minimum absolute atomic E-state index is 0.0464. The molecule has 3 nitrogen and oxygen atoms in total. The summed E-state index contributed by atoms with van der Waals surface area (Å²) < 4.78 is 32.3. The van der Waals surface area contributed by atoms with Crippen LogP contribution in [0.5, 0.6) is 0 Å². The molecule has 4 heteroatoms. The Morgan fingerprint density at radius 1 is 0.762 bits per heavy atom. The molecule has 0 radical (unpaired) electrons. The average Bonchev–Trinajstić information content (AvgIpc) is 2.47. The highest BCUT2D eigenvalue weighted by Gasteiger charge is 2.15. The third-order valence-electron chi connectivity index (χ3n) is 3.49. The molecule has 106 valence electrons. The SMILES string of the molecule is O=S(=O)(O)c1ccc(Cc2ccccc2)c2ccccc12. The average molecular weight is 298 g/mol. The summed E-state index contributed by atoms with van der Waals surface area (Å²) in [6.07, 6.45) is 0.715. The van der Waals surface area contributed by atoms with Gasteiger partial charge in [0.15, 0.2) is 0 Å². The molecule has 0 unspecified atom stereocenters. The summed E-state index contributed by atoms with van der Waals surface area (Å²) in [6, 6.07) is 20.4. The van der Waals surface area contributed by atoms with Crippen molar-refractivity contribution in [1.82, 2.24) is 0 Å². The molecule has 0 aromatic heterocycles. The van der Waals surface area contributed by atoms with Gasteiger partial charge in [-0.25, -0.2) is 0 Å². The molecule has 0 aliphatic rings. The quantitative estimate of drug-likeness (QED) is 0.750. The number of rotatable bonds is 3. The van der Waals surface area contributed by atoms with Crippen LogP contribution in [0, 0.1) is 0 Å². The smallest absolute Gasteiger partial charge is 0.282 e. The second-order valence-electron chi connectivity index (χ2n) is 4.91. The van der Waals surface area contributed by atoms with Gasteiger partial charge in [0, 0.05) is 5.39 Å². The van der Waals surface area contributed by atoms with E-state index < -0.39 is 10.1 Å². The molecular formula is C17H14O3S. The second kappa shape index (κ2) is 5.31. The summed E-state index contributed by atoms with van der Waals surface area (Å²) in [4.78, 5) is -0.0464. The van der Waals surface area contributed by atoms with Crippen molar-refractivity contribution in [2.24, 2.45) is 0 Å². The highest BCUT2D eigenvalue weighted by molar-refractivity contribution is 7.86. The van der Waals surface area contributed by atoms with Gasteiger partial charge in [0.1, 0.15) is 4.90 Å². The van der Waals surface area contributed by atoms with Crippen LogP contribution in [-0.4, -0.2) is 13.0 Å². The fraction of sp³-hybridized carbons (Fsp3) is 0.0588. The third-order valence-corrected chi connectivity index (χ3v) is 4.40. The Labute approximate surface area is 123 Å². The molecule has 0 amide bonds. The lowest BCUT2D eigenvalue weighted by Crippen LogP contribution is -2.00. The van der Waals surface area contributed by atoms with Crippen LogP contribution in [0.15, 0.2) is 71.6 Å². The first kappa shape index (κ1) is 13.8. The van der Waals surface area contributed by atoms with E-state index in [2.05, 4.69) is 0 Å². The first-order valence-electron chi connectivity index (χ1n) is 6.58. The minimum atomic E-state index is -4.22. The lowest BCUT2D eigenvalue weighted by molar-refractivity contribution is 0.484. The third kappa shape index (κ3) is 2.82. The summed E-state index contributed by atoms with van der Waals surface area (Å²) in [7, 11) is -4.22. The zero-order chi connectivity index (χ0) is 14.9. The van der Waals surface area contributed by atoms with E-state index in [0.29, 0.717) is 11.8 Å². The largest absolute Gasteiger partial charge is 0.295 e. The molecule has 3 aromatic carbocycles. The van der Waals surface area contributed by atoms with Crippen LogP contribution in [0.4, 0.5) is 0 Å². The van der Waals surface area contributed by atoms with Crippen molar-refractivity contribution in [1.29, 1.82) is 0 Å². The lowest BCUT2D eigenvalue weighted by Gasteiger charge is -2.10. The van der Waals surface area contributed by atoms with Gasteiger partial charge in [0.2, 0.25) is 0 Å². The second-order valence-corrected chi connectivity index (χ2v) is 6.30. The molecule has 0 heterocycles. The van der Waals surface area contributed by atoms with Gasteiger partial charge in [-0.2, -0.15) is 8.42 Å². The molecule has 0 aliphatic carbocycles. The van der Waals surface area contributed by atoms with Crippen LogP contribution in [0.1, 0.15) is 11.1 Å². The fourth-order valence-electron chi connectivity index (χ4n) is 2.53. The number of fused-ring (bicyclic) bond motifs is 1. The van der Waals surface area contributed by atoms with Gasteiger partial charge in [0.05, 0.1) is 0 Å². The molecule has 0 bridgehead atoms. The summed E-state index contributed by atoms with van der Waals surface area (Å²) >= 11 is 0. The van der Waals surface area contributed by atoms with E-state index in [4.69, 9.17) is 0 Å². The van der Waals surface area contributed by atoms with E-state index in [-0.39, 0.29) is 4.90 Å². The monoisotopic (exact) mass is 298 g/mol. The van der Waals surface area contributed by atoms with Crippen LogP contribution in [0.25, 0.3) is 10.8 Å². The Balaban J connectivity index is 2.18. The normalized spacial score (nSPS) is 11.7. The predicted molar refractivity (Wildman–Crippen MR) is 83.0 cm³/mol. The van der Waals surface area contributed by atoms with E-state index in [0.717, 1.165) is 16.5 Å². The van der Waals surface area contributed by atoms with Crippen molar-refractivity contribution in [2.45, 2.75) is 11.3 Å². The van der Waals surface area contributed by atoms with Crippen LogP contribution in [-0.2, 0) is 16.5 Å². The summed E-state index contributed by atoms with van der Waals surface area (Å²) in [6.45, 7) is 0. The number of hydrogen-bond donors (Lipinski definition) is 1. The van der Waals surface area contributed by atoms with E-state index in [9.17, 15) is 13.0 Å². The van der Waals surface area contributed by atoms with E-state index in [1.165, 1.54) is 6.07 Å². The Kier molecular flexibility index (Phi) is 3.49. The highest BCUT2D eigenvalue weighted by Crippen LogP contribution is 2.27. The van der Waals surface area contributed by atoms with Crippen LogP contribution >= 0.6 is 0 Å². The topological polar surface area (TPSA) is 54.4 Å². The zero-order valence-electron chi connectivity index (χ0n) is 11.2. The predicted octanol–water partition coefficient (Wildman–Crippen LogP) is 3.68. The molecule has 0 aliphatic heterocycles. The lowest BCUT2D eigenvalue weighted by atomic mass is 9.98. The molecule has 0 atom stereocenters. The van der Waals surface area contributed by atoms with Gasteiger partial charge in [-0.15, -0.1) is 0 Å². The molecular weight excluding hydrogens is 284 g/mol. The maximum atomic E-state index is 11.5. The van der Waals surface area contributed by atoms with Crippen molar-refractivity contribution in [3.05, 3.63) is 77.9 Å². The minimum Gasteiger partial charge on any atom is -0.282 e. The molecule has 1 N–H and O–H groups in total. The van der Waals surface area contributed by atoms with Gasteiger partial charge >= 0.3 is 0 Å². The molecule has 0 fully saturated rings. The number of hydrogen-bond acceptors (Lipinski definition) is 2. The van der Waals surface area contributed by atoms with Gasteiger partial charge in [-0.3, -0.25) is 4.55 Å². The Bertz CT molecular complexity index is 884. The first-order valence-corrected chi connectivity index (χ1v) is 8.02. The molecule has 21 heavy (non-hydrogen) atoms. The first-order chi connectivity index (χ1) is 10.1. The van der Waals surface area contributed by atoms with Gasteiger partial charge in [0.25, 0.3) is 10.1 Å². The van der Waals surface area contributed by atoms with Crippen molar-refractivity contribution in [2.75, 3.05) is 0 Å². The summed E-state index contributed by atoms with van der Waals surface area (Å²) in [5.74, 6) is 0. The highest BCUT2D eigenvalue weighted by atomic mass is 32.2. The zero-order valence-corrected chi connectivity index (χ0v) is 12.0. The molecule has 3 rings (SSSR count). The standard InChI is InChI=1S/C17H14O3S/c18-21(19,20)17-11-10-14(12-13-6-2-1-3-7-13)15-8-4-5-9-16(15)17/h1-11H,12H2,(H,18,19,20). The number of benzene rings is 3. The van der Waals surface area contributed by atoms with Crippen LogP contribution < -0.4 is 0 Å². The van der Waals surface area contributed by atoms with Gasteiger partial charge < -0.3 is 0 Å². The van der Waals surface area contributed by atoms with Gasteiger partial charge in [-0.1, -0.05) is 60.7 Å². The maximum absolute atomic E-state index is 11.5. The van der Waals surface area contributed by atoms with E-state index in [1.807, 2.05) is 42.5 Å². The van der Waals surface area contributed by atoms with Crippen LogP contribution in [0.3, 0.4) is 0 Å². The summed E-state index contributed by atoms with van der Waals surface area (Å²) in [5.41, 5.74) is 2.19. The van der Waals surface area contributed by atoms with Crippen LogP contribution in [0.2, 0.25) is 0 Å². The molecule has 0 spiro atoms. The summed E-state index contributed by atoms with van der Waals surface area (Å²) in [5, 5.41) is 1.39. The Hall–Kier alpha value is -2.17. The molecule has 0 saturated carbocycles. The van der Waals surface area contributed by atoms with Crippen molar-refractivity contribution in [3.63, 3.8) is 0 Å².